The molecular formula is C25H24BrN3O4S. The van der Waals surface area contributed by atoms with Crippen LogP contribution in [0.2, 0.25) is 0 Å². The minimum Gasteiger partial charge on any atom is -0.483 e. The number of aryl methyl sites for hydroxylation is 1. The highest BCUT2D eigenvalue weighted by Crippen LogP contribution is 2.41. The van der Waals surface area contributed by atoms with Crippen LogP contribution in [0.1, 0.15) is 53.1 Å². The van der Waals surface area contributed by atoms with Crippen LogP contribution in [-0.2, 0) is 12.8 Å². The first-order valence-corrected chi connectivity index (χ1v) is 12.6. The third-order valence-corrected chi connectivity index (χ3v) is 7.13. The van der Waals surface area contributed by atoms with Crippen LogP contribution in [-0.4, -0.2) is 23.1 Å². The number of thiophene rings is 1. The van der Waals surface area contributed by atoms with E-state index in [0.717, 1.165) is 36.9 Å². The fourth-order valence-corrected chi connectivity index (χ4v) is 5.68. The molecule has 34 heavy (non-hydrogen) atoms. The van der Waals surface area contributed by atoms with Gasteiger partial charge in [-0.15, -0.1) is 11.3 Å². The summed E-state index contributed by atoms with van der Waals surface area (Å²) < 4.78 is 6.11. The Kier molecular flexibility index (Phi) is 7.43. The van der Waals surface area contributed by atoms with E-state index in [2.05, 4.69) is 26.2 Å². The third kappa shape index (κ3) is 5.37. The van der Waals surface area contributed by atoms with Gasteiger partial charge in [0.25, 0.3) is 5.91 Å². The van der Waals surface area contributed by atoms with Gasteiger partial charge in [0.1, 0.15) is 5.00 Å². The Hall–Kier alpha value is -3.04. The molecule has 0 spiro atoms. The number of nitro groups is 1. The van der Waals surface area contributed by atoms with Crippen LogP contribution < -0.4 is 10.1 Å². The fraction of sp³-hybridized carbons (Fsp3) is 0.280. The molecule has 0 saturated heterocycles. The summed E-state index contributed by atoms with van der Waals surface area (Å²) in [6, 6.07) is 12.5. The molecule has 176 valence electrons. The Morgan fingerprint density at radius 1 is 1.24 bits per heavy atom. The molecule has 4 rings (SSSR count). The van der Waals surface area contributed by atoms with Gasteiger partial charge in [-0.2, -0.15) is 0 Å². The van der Waals surface area contributed by atoms with Crippen molar-refractivity contribution in [3.8, 4) is 5.75 Å². The van der Waals surface area contributed by atoms with Crippen LogP contribution in [0, 0.1) is 10.1 Å². The number of benzene rings is 2. The topological polar surface area (TPSA) is 93.8 Å². The molecule has 0 radical (unpaired) electrons. The molecule has 0 saturated carbocycles. The molecule has 0 atom stereocenters. The van der Waals surface area contributed by atoms with Gasteiger partial charge in [-0.05, 0) is 79.2 Å². The Bertz CT molecular complexity index is 1250. The van der Waals surface area contributed by atoms with Crippen molar-refractivity contribution in [2.45, 2.75) is 45.6 Å². The monoisotopic (exact) mass is 541 g/mol. The lowest BCUT2D eigenvalue weighted by Gasteiger charge is -2.13. The first kappa shape index (κ1) is 24.1. The summed E-state index contributed by atoms with van der Waals surface area (Å²) >= 11 is 4.91. The lowest BCUT2D eigenvalue weighted by atomic mass is 9.95. The number of aliphatic imine (C=N–C) groups is 1. The molecule has 0 unspecified atom stereocenters. The first-order chi connectivity index (χ1) is 16.3. The van der Waals surface area contributed by atoms with E-state index in [1.165, 1.54) is 22.3 Å². The van der Waals surface area contributed by atoms with Crippen LogP contribution in [0.15, 0.2) is 51.9 Å². The molecule has 0 aliphatic heterocycles. The number of fused-ring (bicyclic) bond motifs is 1. The number of para-hydroxylation sites is 1. The van der Waals surface area contributed by atoms with Gasteiger partial charge in [-0.3, -0.25) is 14.9 Å². The number of carbonyl (C=O) groups excluding carboxylic acids is 1. The number of ether oxygens (including phenoxy) is 1. The number of nitro benzene ring substituents is 1. The minimum atomic E-state index is -0.470. The van der Waals surface area contributed by atoms with E-state index in [0.29, 0.717) is 20.6 Å². The molecule has 0 fully saturated rings. The normalized spacial score (nSPS) is 13.2. The number of hydrogen-bond acceptors (Lipinski definition) is 6. The van der Waals surface area contributed by atoms with Crippen LogP contribution in [0.5, 0.6) is 5.75 Å². The quantitative estimate of drug-likeness (QED) is 0.196. The second-order valence-corrected chi connectivity index (χ2v) is 10.2. The number of carbonyl (C=O) groups is 1. The van der Waals surface area contributed by atoms with E-state index in [9.17, 15) is 14.9 Å². The maximum Gasteiger partial charge on any atom is 0.312 e. The van der Waals surface area contributed by atoms with E-state index in [4.69, 9.17) is 4.74 Å². The molecule has 1 aromatic heterocycles. The van der Waals surface area contributed by atoms with Crippen molar-refractivity contribution < 1.29 is 14.5 Å². The van der Waals surface area contributed by atoms with Gasteiger partial charge in [0.2, 0.25) is 5.75 Å². The first-order valence-electron chi connectivity index (χ1n) is 11.0. The summed E-state index contributed by atoms with van der Waals surface area (Å²) in [5, 5.41) is 15.2. The minimum absolute atomic E-state index is 0.142. The summed E-state index contributed by atoms with van der Waals surface area (Å²) in [6.45, 7) is 3.62. The lowest BCUT2D eigenvalue weighted by molar-refractivity contribution is -0.386. The number of anilines is 1. The van der Waals surface area contributed by atoms with Gasteiger partial charge < -0.3 is 10.1 Å². The Balaban J connectivity index is 1.70. The zero-order valence-corrected chi connectivity index (χ0v) is 21.2. The van der Waals surface area contributed by atoms with Crippen molar-refractivity contribution in [1.82, 2.24) is 0 Å². The average Bonchev–Trinajstić information content (AvgIpc) is 3.18. The molecule has 1 amide bonds. The van der Waals surface area contributed by atoms with Crippen molar-refractivity contribution in [3.63, 3.8) is 0 Å². The molecule has 3 aromatic rings. The molecule has 1 N–H and O–H groups in total. The van der Waals surface area contributed by atoms with Gasteiger partial charge >= 0.3 is 5.69 Å². The van der Waals surface area contributed by atoms with E-state index >= 15 is 0 Å². The molecule has 1 aliphatic carbocycles. The van der Waals surface area contributed by atoms with Crippen molar-refractivity contribution in [2.75, 3.05) is 5.32 Å². The van der Waals surface area contributed by atoms with E-state index in [1.807, 2.05) is 44.2 Å². The Morgan fingerprint density at radius 3 is 2.68 bits per heavy atom. The van der Waals surface area contributed by atoms with E-state index < -0.39 is 4.92 Å². The summed E-state index contributed by atoms with van der Waals surface area (Å²) in [5.41, 5.74) is 2.77. The number of amides is 1. The number of rotatable bonds is 7. The van der Waals surface area contributed by atoms with Crippen LogP contribution in [0.3, 0.4) is 0 Å². The highest BCUT2D eigenvalue weighted by atomic mass is 79.9. The van der Waals surface area contributed by atoms with Gasteiger partial charge in [0.05, 0.1) is 21.1 Å². The van der Waals surface area contributed by atoms with Gasteiger partial charge in [-0.1, -0.05) is 18.2 Å². The summed E-state index contributed by atoms with van der Waals surface area (Å²) in [4.78, 5) is 30.2. The summed E-state index contributed by atoms with van der Waals surface area (Å²) in [6.07, 6.45) is 5.25. The van der Waals surface area contributed by atoms with Crippen molar-refractivity contribution in [2.24, 2.45) is 4.99 Å². The standard InChI is InChI=1S/C25H24BrN3O4S/c1-15(2)33-23-19(26)12-16(13-20(23)29(31)32)14-27-25-22(18-10-6-7-11-21(18)34-25)24(30)28-17-8-4-3-5-9-17/h3-5,8-9,12-15H,6-7,10-11H2,1-2H3,(H,28,30). The smallest absolute Gasteiger partial charge is 0.312 e. The van der Waals surface area contributed by atoms with Gasteiger partial charge in [0.15, 0.2) is 0 Å². The lowest BCUT2D eigenvalue weighted by Crippen LogP contribution is -2.14. The molecule has 7 nitrogen and oxygen atoms in total. The van der Waals surface area contributed by atoms with Crippen LogP contribution >= 0.6 is 27.3 Å². The number of nitrogens with zero attached hydrogens (tertiary/aromatic N) is 2. The fourth-order valence-electron chi connectivity index (χ4n) is 3.89. The number of nitrogens with one attached hydrogen (secondary N) is 1. The Morgan fingerprint density at radius 2 is 1.97 bits per heavy atom. The van der Waals surface area contributed by atoms with Crippen molar-refractivity contribution in [3.05, 3.63) is 78.6 Å². The average molecular weight is 542 g/mol. The molecule has 0 bridgehead atoms. The predicted octanol–water partition coefficient (Wildman–Crippen LogP) is 7.09. The van der Waals surface area contributed by atoms with Crippen LogP contribution in [0.25, 0.3) is 0 Å². The third-order valence-electron chi connectivity index (χ3n) is 5.34. The molecule has 1 heterocycles. The van der Waals surface area contributed by atoms with Crippen molar-refractivity contribution in [1.29, 1.82) is 0 Å². The largest absolute Gasteiger partial charge is 0.483 e. The summed E-state index contributed by atoms with van der Waals surface area (Å²) in [5.74, 6) is -0.00254. The maximum atomic E-state index is 13.2. The predicted molar refractivity (Wildman–Crippen MR) is 139 cm³/mol. The Labute approximate surface area is 210 Å². The number of hydrogen-bond donors (Lipinski definition) is 1. The molecular weight excluding hydrogens is 518 g/mol. The van der Waals surface area contributed by atoms with Crippen LogP contribution in [0.4, 0.5) is 16.4 Å². The van der Waals surface area contributed by atoms with Gasteiger partial charge in [0, 0.05) is 28.4 Å². The highest BCUT2D eigenvalue weighted by Gasteiger charge is 2.26. The maximum absolute atomic E-state index is 13.2. The molecule has 1 aliphatic rings. The van der Waals surface area contributed by atoms with Crippen molar-refractivity contribution >= 4 is 55.8 Å². The second-order valence-electron chi connectivity index (χ2n) is 8.24. The second kappa shape index (κ2) is 10.5. The zero-order valence-electron chi connectivity index (χ0n) is 18.8. The molecule has 9 heteroatoms. The molecule has 2 aromatic carbocycles. The van der Waals surface area contributed by atoms with E-state index in [-0.39, 0.29) is 23.4 Å². The SMILES string of the molecule is CC(C)Oc1c(Br)cc(C=Nc2sc3c(c2C(=O)Nc2ccccc2)CCCC3)cc1[N+](=O)[O-]. The zero-order chi connectivity index (χ0) is 24.2. The highest BCUT2D eigenvalue weighted by molar-refractivity contribution is 9.10. The number of halogens is 1. The summed E-state index contributed by atoms with van der Waals surface area (Å²) in [7, 11) is 0. The van der Waals surface area contributed by atoms with Gasteiger partial charge in [-0.25, -0.2) is 4.99 Å². The van der Waals surface area contributed by atoms with E-state index in [1.54, 1.807) is 12.3 Å².